The maximum atomic E-state index is 11.1. The van der Waals surface area contributed by atoms with Crippen LogP contribution in [0, 0.1) is 14.9 Å². The Morgan fingerprint density at radius 1 is 1.00 bits per heavy atom. The zero-order valence-corrected chi connectivity index (χ0v) is 12.9. The first-order chi connectivity index (χ1) is 11.2. The lowest BCUT2D eigenvalue weighted by atomic mass is 10.1. The topological polar surface area (TPSA) is 79.9 Å². The molecule has 1 N–H and O–H groups in total. The summed E-state index contributed by atoms with van der Waals surface area (Å²) in [5.41, 5.74) is 1.44. The molecule has 0 bridgehead atoms. The third-order valence-electron chi connectivity index (χ3n) is 3.32. The van der Waals surface area contributed by atoms with Crippen molar-refractivity contribution in [3.05, 3.63) is 83.0 Å². The minimum absolute atomic E-state index is 0.0136. The van der Waals surface area contributed by atoms with Crippen molar-refractivity contribution in [1.82, 2.24) is 4.98 Å². The number of hydrogen-bond acceptors (Lipinski definition) is 4. The van der Waals surface area contributed by atoms with E-state index in [0.717, 1.165) is 10.5 Å². The number of nitro groups is 1. The monoisotopic (exact) mass is 323 g/mol. The second-order valence-electron chi connectivity index (χ2n) is 4.77. The fraction of sp³-hybridized carbons (Fsp3) is 0. The summed E-state index contributed by atoms with van der Waals surface area (Å²) in [4.78, 5) is 16.4. The number of nitro benzene ring substituents is 1. The molecular formula is C17H13N3O2S. The lowest BCUT2D eigenvalue weighted by Crippen LogP contribution is -1.98. The molecule has 0 aliphatic carbocycles. The molecule has 6 heteroatoms. The van der Waals surface area contributed by atoms with Gasteiger partial charge in [-0.05, 0) is 41.0 Å². The molecule has 0 radical (unpaired) electrons. The van der Waals surface area contributed by atoms with Crippen molar-refractivity contribution in [3.63, 3.8) is 0 Å². The Morgan fingerprint density at radius 3 is 2.39 bits per heavy atom. The Kier molecular flexibility index (Phi) is 4.25. The molecule has 5 nitrogen and oxygen atoms in total. The highest BCUT2D eigenvalue weighted by Crippen LogP contribution is 2.31. The van der Waals surface area contributed by atoms with Crippen molar-refractivity contribution >= 4 is 16.4 Å². The van der Waals surface area contributed by atoms with Gasteiger partial charge in [-0.1, -0.05) is 24.3 Å². The van der Waals surface area contributed by atoms with Crippen LogP contribution >= 0.6 is 0 Å². The predicted octanol–water partition coefficient (Wildman–Crippen LogP) is 4.46. The van der Waals surface area contributed by atoms with Gasteiger partial charge in [-0.25, -0.2) is 0 Å². The van der Waals surface area contributed by atoms with E-state index in [0.29, 0.717) is 10.6 Å². The van der Waals surface area contributed by atoms with Gasteiger partial charge >= 0.3 is 0 Å². The molecule has 0 aliphatic heterocycles. The Bertz CT molecular complexity index is 868. The van der Waals surface area contributed by atoms with Crippen LogP contribution in [0.4, 0.5) is 5.69 Å². The fourth-order valence-corrected chi connectivity index (χ4v) is 3.53. The highest BCUT2D eigenvalue weighted by molar-refractivity contribution is 7.86. The van der Waals surface area contributed by atoms with Crippen molar-refractivity contribution in [3.8, 4) is 11.3 Å². The third-order valence-corrected chi connectivity index (χ3v) is 4.84. The molecule has 1 heterocycles. The number of rotatable bonds is 4. The Labute approximate surface area is 135 Å². The van der Waals surface area contributed by atoms with Gasteiger partial charge in [0, 0.05) is 33.7 Å². The second-order valence-corrected chi connectivity index (χ2v) is 6.30. The van der Waals surface area contributed by atoms with Gasteiger partial charge in [-0.2, -0.15) is 0 Å². The van der Waals surface area contributed by atoms with Gasteiger partial charge in [0.2, 0.25) is 0 Å². The van der Waals surface area contributed by atoms with E-state index in [-0.39, 0.29) is 5.69 Å². The van der Waals surface area contributed by atoms with Crippen LogP contribution in [0.5, 0.6) is 0 Å². The highest BCUT2D eigenvalue weighted by atomic mass is 32.2. The third kappa shape index (κ3) is 3.17. The predicted molar refractivity (Wildman–Crippen MR) is 89.4 cm³/mol. The summed E-state index contributed by atoms with van der Waals surface area (Å²) in [5.74, 6) is 0. The summed E-state index contributed by atoms with van der Waals surface area (Å²) in [6.07, 6.45) is 1.67. The molecule has 3 rings (SSSR count). The van der Waals surface area contributed by atoms with Crippen LogP contribution in [0.1, 0.15) is 0 Å². The fourth-order valence-electron chi connectivity index (χ4n) is 2.21. The van der Waals surface area contributed by atoms with E-state index in [1.54, 1.807) is 12.3 Å². The van der Waals surface area contributed by atoms with Gasteiger partial charge in [0.15, 0.2) is 0 Å². The van der Waals surface area contributed by atoms with E-state index in [1.165, 1.54) is 12.1 Å². The minimum Gasteiger partial charge on any atom is -0.271 e. The van der Waals surface area contributed by atoms with Crippen LogP contribution in [0.2, 0.25) is 0 Å². The zero-order chi connectivity index (χ0) is 16.2. The summed E-state index contributed by atoms with van der Waals surface area (Å²) in [6.45, 7) is 0. The number of nitrogens with one attached hydrogen (secondary N) is 1. The van der Waals surface area contributed by atoms with Crippen LogP contribution in [-0.2, 0) is 10.7 Å². The number of hydrogen-bond donors (Lipinski definition) is 1. The summed E-state index contributed by atoms with van der Waals surface area (Å²) < 4.78 is 8.56. The summed E-state index contributed by atoms with van der Waals surface area (Å²) in [5, 5.41) is 11.1. The van der Waals surface area contributed by atoms with Crippen LogP contribution in [-0.4, -0.2) is 9.91 Å². The van der Waals surface area contributed by atoms with E-state index < -0.39 is 15.6 Å². The molecular weight excluding hydrogens is 310 g/mol. The number of nitrogens with zero attached hydrogens (tertiary/aromatic N) is 2. The Morgan fingerprint density at radius 2 is 1.74 bits per heavy atom. The number of pyridine rings is 1. The van der Waals surface area contributed by atoms with E-state index in [9.17, 15) is 10.1 Å². The van der Waals surface area contributed by atoms with Gasteiger partial charge < -0.3 is 0 Å². The molecule has 0 aliphatic rings. The molecule has 0 fully saturated rings. The number of non-ortho nitro benzene ring substituents is 1. The molecule has 0 saturated heterocycles. The van der Waals surface area contributed by atoms with Crippen LogP contribution in [0.15, 0.2) is 82.7 Å². The van der Waals surface area contributed by atoms with Crippen molar-refractivity contribution in [2.75, 3.05) is 0 Å². The maximum absolute atomic E-state index is 11.1. The molecule has 3 aromatic rings. The summed E-state index contributed by atoms with van der Waals surface area (Å²) in [7, 11) is -1.03. The molecule has 1 aromatic heterocycles. The average molecular weight is 323 g/mol. The van der Waals surface area contributed by atoms with E-state index >= 15 is 0 Å². The van der Waals surface area contributed by atoms with Gasteiger partial charge in [0.05, 0.1) is 10.6 Å². The van der Waals surface area contributed by atoms with Gasteiger partial charge in [-0.3, -0.25) is 19.9 Å². The standard InChI is InChI=1S/C17H13N3O2S/c18-23(14-6-2-1-3-7-14)17-12-13(20(21)22)9-10-15(17)16-8-4-5-11-19-16/h1-12,18H. The van der Waals surface area contributed by atoms with Crippen molar-refractivity contribution in [2.24, 2.45) is 0 Å². The number of benzene rings is 2. The summed E-state index contributed by atoms with van der Waals surface area (Å²) >= 11 is 0. The first-order valence-corrected chi connectivity index (χ1v) is 8.10. The van der Waals surface area contributed by atoms with E-state index in [1.807, 2.05) is 48.5 Å². The molecule has 0 amide bonds. The minimum atomic E-state index is -1.03. The number of aromatic nitrogens is 1. The smallest absolute Gasteiger partial charge is 0.270 e. The maximum Gasteiger partial charge on any atom is 0.270 e. The van der Waals surface area contributed by atoms with Gasteiger partial charge in [-0.15, -0.1) is 0 Å². The normalized spacial score (nSPS) is 11.8. The highest BCUT2D eigenvalue weighted by Gasteiger charge is 2.16. The lowest BCUT2D eigenvalue weighted by molar-refractivity contribution is -0.385. The van der Waals surface area contributed by atoms with Crippen LogP contribution < -0.4 is 0 Å². The molecule has 1 atom stereocenters. The molecule has 0 spiro atoms. The van der Waals surface area contributed by atoms with E-state index in [2.05, 4.69) is 4.98 Å². The quantitative estimate of drug-likeness (QED) is 0.569. The SMILES string of the molecule is N=S(c1ccccc1)c1cc([N+](=O)[O-])ccc1-c1ccccn1. The van der Waals surface area contributed by atoms with Crippen molar-refractivity contribution in [2.45, 2.75) is 9.79 Å². The molecule has 1 unspecified atom stereocenters. The molecule has 114 valence electrons. The van der Waals surface area contributed by atoms with E-state index in [4.69, 9.17) is 4.78 Å². The largest absolute Gasteiger partial charge is 0.271 e. The van der Waals surface area contributed by atoms with Crippen LogP contribution in [0.3, 0.4) is 0 Å². The first kappa shape index (κ1) is 15.1. The van der Waals surface area contributed by atoms with Crippen molar-refractivity contribution in [1.29, 1.82) is 4.78 Å². The Hall–Kier alpha value is -2.86. The lowest BCUT2D eigenvalue weighted by Gasteiger charge is -2.11. The summed E-state index contributed by atoms with van der Waals surface area (Å²) in [6, 6.07) is 19.4. The zero-order valence-electron chi connectivity index (χ0n) is 12.0. The van der Waals surface area contributed by atoms with Gasteiger partial charge in [0.1, 0.15) is 0 Å². The average Bonchev–Trinajstić information content (AvgIpc) is 2.62. The molecule has 23 heavy (non-hydrogen) atoms. The molecule has 0 saturated carbocycles. The van der Waals surface area contributed by atoms with Crippen molar-refractivity contribution < 1.29 is 4.92 Å². The first-order valence-electron chi connectivity index (χ1n) is 6.87. The van der Waals surface area contributed by atoms with Gasteiger partial charge in [0.25, 0.3) is 5.69 Å². The van der Waals surface area contributed by atoms with Crippen LogP contribution in [0.25, 0.3) is 11.3 Å². The second kappa shape index (κ2) is 6.50. The Balaban J connectivity index is 2.18. The molecule has 2 aromatic carbocycles.